The minimum atomic E-state index is -0.116. The monoisotopic (exact) mass is 275 g/mol. The first kappa shape index (κ1) is 13.1. The van der Waals surface area contributed by atoms with Gasteiger partial charge in [-0.15, -0.1) is 0 Å². The Morgan fingerprint density at radius 3 is 2.85 bits per heavy atom. The van der Waals surface area contributed by atoms with Gasteiger partial charge in [0.2, 0.25) is 0 Å². The maximum Gasteiger partial charge on any atom is 0.262 e. The van der Waals surface area contributed by atoms with Crippen LogP contribution in [0, 0.1) is 5.92 Å². The summed E-state index contributed by atoms with van der Waals surface area (Å²) in [5.74, 6) is 1.11. The fourth-order valence-corrected chi connectivity index (χ4v) is 2.60. The number of hydrogen-bond donors (Lipinski definition) is 2. The lowest BCUT2D eigenvalue weighted by Gasteiger charge is -2.29. The molecule has 1 saturated carbocycles. The van der Waals surface area contributed by atoms with Crippen LogP contribution in [0.15, 0.2) is 12.1 Å². The summed E-state index contributed by atoms with van der Waals surface area (Å²) in [6, 6.07) is 4.35. The molecule has 0 spiro atoms. The van der Waals surface area contributed by atoms with Crippen LogP contribution in [0.25, 0.3) is 0 Å². The molecular formula is C15H21N3O2. The number of carbonyl (C=O) groups excluding carboxylic acids is 1. The molecule has 0 unspecified atom stereocenters. The highest BCUT2D eigenvalue weighted by Gasteiger charge is 2.31. The SMILES string of the molecule is CC(C)CN(c1cc2c(cc1N)OCC(=O)N2)C1CC1. The lowest BCUT2D eigenvalue weighted by atomic mass is 10.1. The molecule has 5 heteroatoms. The number of nitrogens with one attached hydrogen (secondary N) is 1. The molecule has 5 nitrogen and oxygen atoms in total. The average Bonchev–Trinajstić information content (AvgIpc) is 3.20. The van der Waals surface area contributed by atoms with Crippen molar-refractivity contribution in [3.63, 3.8) is 0 Å². The van der Waals surface area contributed by atoms with E-state index in [9.17, 15) is 4.79 Å². The van der Waals surface area contributed by atoms with Crippen molar-refractivity contribution < 1.29 is 9.53 Å². The molecule has 20 heavy (non-hydrogen) atoms. The molecule has 108 valence electrons. The average molecular weight is 275 g/mol. The Hall–Kier alpha value is -1.91. The molecule has 1 heterocycles. The van der Waals surface area contributed by atoms with E-state index in [4.69, 9.17) is 10.5 Å². The minimum absolute atomic E-state index is 0.0596. The number of nitrogens with two attached hydrogens (primary N) is 1. The van der Waals surface area contributed by atoms with Crippen LogP contribution in [-0.4, -0.2) is 25.1 Å². The summed E-state index contributed by atoms with van der Waals surface area (Å²) in [6.45, 7) is 5.44. The molecule has 1 aromatic rings. The van der Waals surface area contributed by atoms with Crippen molar-refractivity contribution in [2.24, 2.45) is 5.92 Å². The fraction of sp³-hybridized carbons (Fsp3) is 0.533. The van der Waals surface area contributed by atoms with Gasteiger partial charge < -0.3 is 20.7 Å². The van der Waals surface area contributed by atoms with E-state index in [1.807, 2.05) is 12.1 Å². The Kier molecular flexibility index (Phi) is 3.20. The molecule has 3 rings (SSSR count). The van der Waals surface area contributed by atoms with Crippen molar-refractivity contribution in [1.29, 1.82) is 0 Å². The van der Waals surface area contributed by atoms with Crippen LogP contribution >= 0.6 is 0 Å². The Balaban J connectivity index is 1.95. The Labute approximate surface area is 119 Å². The predicted octanol–water partition coefficient (Wildman–Crippen LogP) is 2.22. The largest absolute Gasteiger partial charge is 0.482 e. The third-order valence-corrected chi connectivity index (χ3v) is 3.62. The van der Waals surface area contributed by atoms with E-state index in [-0.39, 0.29) is 12.5 Å². The van der Waals surface area contributed by atoms with Gasteiger partial charge in [0.05, 0.1) is 17.1 Å². The number of fused-ring (bicyclic) bond motifs is 1. The molecule has 3 N–H and O–H groups in total. The second-order valence-corrected chi connectivity index (χ2v) is 6.02. The number of rotatable bonds is 4. The summed E-state index contributed by atoms with van der Waals surface area (Å²) in [5, 5.41) is 2.85. The predicted molar refractivity (Wildman–Crippen MR) is 80.2 cm³/mol. The van der Waals surface area contributed by atoms with Crippen LogP contribution in [0.4, 0.5) is 17.1 Å². The zero-order valence-electron chi connectivity index (χ0n) is 12.0. The Bertz CT molecular complexity index is 538. The van der Waals surface area contributed by atoms with Gasteiger partial charge in [0, 0.05) is 18.7 Å². The third kappa shape index (κ3) is 2.53. The Morgan fingerprint density at radius 2 is 2.20 bits per heavy atom. The normalized spacial score (nSPS) is 17.4. The first-order valence-corrected chi connectivity index (χ1v) is 7.17. The molecule has 0 bridgehead atoms. The van der Waals surface area contributed by atoms with Crippen molar-refractivity contribution in [2.75, 3.05) is 29.1 Å². The van der Waals surface area contributed by atoms with Crippen LogP contribution < -0.4 is 20.7 Å². The second-order valence-electron chi connectivity index (χ2n) is 6.02. The molecule has 0 radical (unpaired) electrons. The van der Waals surface area contributed by atoms with Gasteiger partial charge in [-0.25, -0.2) is 0 Å². The van der Waals surface area contributed by atoms with Gasteiger partial charge >= 0.3 is 0 Å². The number of anilines is 3. The summed E-state index contributed by atoms with van der Waals surface area (Å²) in [4.78, 5) is 13.8. The number of hydrogen-bond acceptors (Lipinski definition) is 4. The standard InChI is InChI=1S/C15H21N3O2/c1-9(2)7-18(10-3-4-10)13-6-12-14(5-11(13)16)20-8-15(19)17-12/h5-6,9-10H,3-4,7-8,16H2,1-2H3,(H,17,19). The van der Waals surface area contributed by atoms with Crippen LogP contribution in [-0.2, 0) is 4.79 Å². The number of nitrogens with zero attached hydrogens (tertiary/aromatic N) is 1. The molecule has 1 fully saturated rings. The first-order valence-electron chi connectivity index (χ1n) is 7.17. The lowest BCUT2D eigenvalue weighted by molar-refractivity contribution is -0.118. The highest BCUT2D eigenvalue weighted by Crippen LogP contribution is 2.41. The molecule has 0 aromatic heterocycles. The molecule has 1 amide bonds. The number of nitrogen functional groups attached to an aromatic ring is 1. The quantitative estimate of drug-likeness (QED) is 0.827. The van der Waals surface area contributed by atoms with E-state index in [1.165, 1.54) is 12.8 Å². The van der Waals surface area contributed by atoms with E-state index in [0.29, 0.717) is 23.4 Å². The highest BCUT2D eigenvalue weighted by molar-refractivity contribution is 5.97. The molecule has 0 atom stereocenters. The number of ether oxygens (including phenoxy) is 1. The summed E-state index contributed by atoms with van der Waals surface area (Å²) in [7, 11) is 0. The summed E-state index contributed by atoms with van der Waals surface area (Å²) in [6.07, 6.45) is 2.43. The molecule has 0 saturated heterocycles. The van der Waals surface area contributed by atoms with Crippen molar-refractivity contribution in [3.05, 3.63) is 12.1 Å². The summed E-state index contributed by atoms with van der Waals surface area (Å²) in [5.41, 5.74) is 8.63. The third-order valence-electron chi connectivity index (χ3n) is 3.62. The van der Waals surface area contributed by atoms with Gasteiger partial charge in [-0.05, 0) is 24.8 Å². The van der Waals surface area contributed by atoms with Crippen LogP contribution in [0.3, 0.4) is 0 Å². The van der Waals surface area contributed by atoms with E-state index in [2.05, 4.69) is 24.1 Å². The van der Waals surface area contributed by atoms with Crippen molar-refractivity contribution in [1.82, 2.24) is 0 Å². The highest BCUT2D eigenvalue weighted by atomic mass is 16.5. The zero-order valence-corrected chi connectivity index (χ0v) is 12.0. The van der Waals surface area contributed by atoms with Crippen LogP contribution in [0.1, 0.15) is 26.7 Å². The number of carbonyl (C=O) groups is 1. The fourth-order valence-electron chi connectivity index (χ4n) is 2.60. The second kappa shape index (κ2) is 4.89. The Morgan fingerprint density at radius 1 is 1.45 bits per heavy atom. The van der Waals surface area contributed by atoms with Crippen molar-refractivity contribution in [2.45, 2.75) is 32.7 Å². The van der Waals surface area contributed by atoms with E-state index in [0.717, 1.165) is 17.9 Å². The topological polar surface area (TPSA) is 67.6 Å². The smallest absolute Gasteiger partial charge is 0.262 e. The maximum atomic E-state index is 11.4. The lowest BCUT2D eigenvalue weighted by Crippen LogP contribution is -2.31. The molecular weight excluding hydrogens is 254 g/mol. The van der Waals surface area contributed by atoms with Gasteiger partial charge in [0.1, 0.15) is 5.75 Å². The van der Waals surface area contributed by atoms with Crippen molar-refractivity contribution >= 4 is 23.0 Å². The molecule has 2 aliphatic rings. The molecule has 1 aliphatic carbocycles. The van der Waals surface area contributed by atoms with Gasteiger partial charge in [-0.2, -0.15) is 0 Å². The van der Waals surface area contributed by atoms with Crippen LogP contribution in [0.5, 0.6) is 5.75 Å². The molecule has 1 aliphatic heterocycles. The van der Waals surface area contributed by atoms with Crippen molar-refractivity contribution in [3.8, 4) is 5.75 Å². The molecule has 1 aromatic carbocycles. The zero-order chi connectivity index (χ0) is 14.3. The number of benzene rings is 1. The van der Waals surface area contributed by atoms with E-state index in [1.54, 1.807) is 0 Å². The van der Waals surface area contributed by atoms with E-state index < -0.39 is 0 Å². The van der Waals surface area contributed by atoms with Gasteiger partial charge in [-0.3, -0.25) is 4.79 Å². The van der Waals surface area contributed by atoms with Crippen LogP contribution in [0.2, 0.25) is 0 Å². The van der Waals surface area contributed by atoms with Gasteiger partial charge in [0.15, 0.2) is 6.61 Å². The first-order chi connectivity index (χ1) is 9.54. The summed E-state index contributed by atoms with van der Waals surface area (Å²) < 4.78 is 5.40. The number of amides is 1. The van der Waals surface area contributed by atoms with Gasteiger partial charge in [0.25, 0.3) is 5.91 Å². The van der Waals surface area contributed by atoms with E-state index >= 15 is 0 Å². The van der Waals surface area contributed by atoms with Gasteiger partial charge in [-0.1, -0.05) is 13.8 Å². The summed E-state index contributed by atoms with van der Waals surface area (Å²) >= 11 is 0. The maximum absolute atomic E-state index is 11.4. The minimum Gasteiger partial charge on any atom is -0.482 e.